The second-order valence-corrected chi connectivity index (χ2v) is 5.73. The van der Waals surface area contributed by atoms with Crippen LogP contribution in [-0.4, -0.2) is 16.4 Å². The standard InChI is InChI=1S/C19H15F3N2O2/c20-19(21,22)14-6-2-3-7-15(14)23-17(25)9-10-18(26)24-12-11-13-5-1-4-8-16(13)24/h1-8,11-12H,9-10H2,(H,23,25). The maximum absolute atomic E-state index is 12.9. The van der Waals surface area contributed by atoms with Gasteiger partial charge in [-0.05, 0) is 24.3 Å². The first kappa shape index (κ1) is 17.7. The molecule has 26 heavy (non-hydrogen) atoms. The quantitative estimate of drug-likeness (QED) is 0.732. The minimum Gasteiger partial charge on any atom is -0.325 e. The molecule has 0 aliphatic heterocycles. The highest BCUT2D eigenvalue weighted by Gasteiger charge is 2.33. The molecule has 1 N–H and O–H groups in total. The van der Waals surface area contributed by atoms with Crippen molar-refractivity contribution in [1.29, 1.82) is 0 Å². The van der Waals surface area contributed by atoms with Crippen molar-refractivity contribution in [2.24, 2.45) is 0 Å². The Labute approximate surface area is 147 Å². The van der Waals surface area contributed by atoms with Gasteiger partial charge in [0.15, 0.2) is 0 Å². The first-order valence-electron chi connectivity index (χ1n) is 7.91. The number of nitrogens with zero attached hydrogens (tertiary/aromatic N) is 1. The molecule has 1 aromatic heterocycles. The molecule has 0 saturated carbocycles. The number of rotatable bonds is 4. The number of carbonyl (C=O) groups is 2. The lowest BCUT2D eigenvalue weighted by molar-refractivity contribution is -0.137. The number of hydrogen-bond donors (Lipinski definition) is 1. The van der Waals surface area contributed by atoms with Crippen molar-refractivity contribution in [1.82, 2.24) is 4.57 Å². The molecule has 0 atom stereocenters. The Balaban J connectivity index is 1.66. The lowest BCUT2D eigenvalue weighted by atomic mass is 10.1. The minimum atomic E-state index is -4.57. The molecule has 7 heteroatoms. The molecule has 0 aliphatic carbocycles. The second-order valence-electron chi connectivity index (χ2n) is 5.73. The number of carbonyl (C=O) groups excluding carboxylic acids is 2. The summed E-state index contributed by atoms with van der Waals surface area (Å²) in [7, 11) is 0. The Morgan fingerprint density at radius 3 is 2.38 bits per heavy atom. The fraction of sp³-hybridized carbons (Fsp3) is 0.158. The van der Waals surface area contributed by atoms with Gasteiger partial charge in [-0.3, -0.25) is 14.2 Å². The summed E-state index contributed by atoms with van der Waals surface area (Å²) in [6.45, 7) is 0. The molecule has 0 unspecified atom stereocenters. The number of amides is 1. The summed E-state index contributed by atoms with van der Waals surface area (Å²) in [5, 5.41) is 3.13. The third-order valence-corrected chi connectivity index (χ3v) is 3.94. The van der Waals surface area contributed by atoms with E-state index < -0.39 is 17.6 Å². The van der Waals surface area contributed by atoms with Crippen molar-refractivity contribution >= 4 is 28.4 Å². The van der Waals surface area contributed by atoms with Gasteiger partial charge in [0.2, 0.25) is 11.8 Å². The monoisotopic (exact) mass is 360 g/mol. The molecule has 1 amide bonds. The molecule has 3 rings (SSSR count). The summed E-state index contributed by atoms with van der Waals surface area (Å²) < 4.78 is 40.3. The SMILES string of the molecule is O=C(CCC(=O)n1ccc2ccccc21)Nc1ccccc1C(F)(F)F. The van der Waals surface area contributed by atoms with Crippen molar-refractivity contribution in [2.75, 3.05) is 5.32 Å². The normalized spacial score (nSPS) is 11.5. The first-order chi connectivity index (χ1) is 12.4. The van der Waals surface area contributed by atoms with Gasteiger partial charge in [-0.1, -0.05) is 30.3 Å². The number of aromatic nitrogens is 1. The molecule has 0 bridgehead atoms. The van der Waals surface area contributed by atoms with E-state index in [0.717, 1.165) is 17.0 Å². The van der Waals surface area contributed by atoms with Gasteiger partial charge in [0, 0.05) is 24.4 Å². The number of benzene rings is 2. The van der Waals surface area contributed by atoms with Crippen LogP contribution in [0.3, 0.4) is 0 Å². The number of fused-ring (bicyclic) bond motifs is 1. The second kappa shape index (κ2) is 7.03. The van der Waals surface area contributed by atoms with Crippen LogP contribution in [0, 0.1) is 0 Å². The van der Waals surface area contributed by atoms with E-state index in [4.69, 9.17) is 0 Å². The van der Waals surface area contributed by atoms with Crippen molar-refractivity contribution in [3.8, 4) is 0 Å². The zero-order valence-electron chi connectivity index (χ0n) is 13.6. The van der Waals surface area contributed by atoms with Gasteiger partial charge in [-0.2, -0.15) is 13.2 Å². The van der Waals surface area contributed by atoms with E-state index >= 15 is 0 Å². The van der Waals surface area contributed by atoms with Crippen LogP contribution in [-0.2, 0) is 11.0 Å². The van der Waals surface area contributed by atoms with Crippen LogP contribution < -0.4 is 5.32 Å². The third-order valence-electron chi connectivity index (χ3n) is 3.94. The van der Waals surface area contributed by atoms with E-state index in [1.165, 1.54) is 22.8 Å². The maximum atomic E-state index is 12.9. The zero-order valence-corrected chi connectivity index (χ0v) is 13.6. The predicted octanol–water partition coefficient (Wildman–Crippen LogP) is 4.72. The van der Waals surface area contributed by atoms with Gasteiger partial charge in [0.1, 0.15) is 0 Å². The minimum absolute atomic E-state index is 0.112. The zero-order chi connectivity index (χ0) is 18.7. The van der Waals surface area contributed by atoms with Gasteiger partial charge >= 0.3 is 6.18 Å². The Morgan fingerprint density at radius 1 is 0.923 bits per heavy atom. The van der Waals surface area contributed by atoms with Crippen LogP contribution in [0.1, 0.15) is 23.2 Å². The maximum Gasteiger partial charge on any atom is 0.418 e. The number of anilines is 1. The van der Waals surface area contributed by atoms with Crippen LogP contribution in [0.15, 0.2) is 60.8 Å². The topological polar surface area (TPSA) is 51.1 Å². The first-order valence-corrected chi connectivity index (χ1v) is 7.91. The predicted molar refractivity (Wildman–Crippen MR) is 91.9 cm³/mol. The molecule has 0 fully saturated rings. The molecule has 4 nitrogen and oxygen atoms in total. The summed E-state index contributed by atoms with van der Waals surface area (Å²) in [6, 6.07) is 13.8. The van der Waals surface area contributed by atoms with Crippen LogP contribution in [0.25, 0.3) is 10.9 Å². The smallest absolute Gasteiger partial charge is 0.325 e. The highest BCUT2D eigenvalue weighted by molar-refractivity contribution is 5.97. The van der Waals surface area contributed by atoms with Crippen molar-refractivity contribution < 1.29 is 22.8 Å². The van der Waals surface area contributed by atoms with Gasteiger partial charge < -0.3 is 5.32 Å². The largest absolute Gasteiger partial charge is 0.418 e. The molecule has 0 radical (unpaired) electrons. The van der Waals surface area contributed by atoms with Gasteiger partial charge in [0.05, 0.1) is 16.8 Å². The van der Waals surface area contributed by atoms with Crippen LogP contribution in [0.5, 0.6) is 0 Å². The van der Waals surface area contributed by atoms with Crippen molar-refractivity contribution in [3.63, 3.8) is 0 Å². The number of alkyl halides is 3. The average molecular weight is 360 g/mol. The molecule has 134 valence electrons. The summed E-state index contributed by atoms with van der Waals surface area (Å²) in [5.74, 6) is -0.947. The fourth-order valence-corrected chi connectivity index (χ4v) is 2.69. The summed E-state index contributed by atoms with van der Waals surface area (Å²) >= 11 is 0. The van der Waals surface area contributed by atoms with E-state index in [0.29, 0.717) is 0 Å². The van der Waals surface area contributed by atoms with E-state index in [1.54, 1.807) is 24.4 Å². The summed E-state index contributed by atoms with van der Waals surface area (Å²) in [5.41, 5.74) is -0.514. The molecular formula is C19H15F3N2O2. The Morgan fingerprint density at radius 2 is 1.62 bits per heavy atom. The lowest BCUT2D eigenvalue weighted by Gasteiger charge is -2.13. The lowest BCUT2D eigenvalue weighted by Crippen LogP contribution is -2.18. The Kier molecular flexibility index (Phi) is 4.79. The Hall–Kier alpha value is -3.09. The van der Waals surface area contributed by atoms with Crippen LogP contribution in [0.2, 0.25) is 0 Å². The third kappa shape index (κ3) is 3.77. The number of hydrogen-bond acceptors (Lipinski definition) is 2. The van der Waals surface area contributed by atoms with Crippen LogP contribution >= 0.6 is 0 Å². The fourth-order valence-electron chi connectivity index (χ4n) is 2.69. The van der Waals surface area contributed by atoms with Crippen LogP contribution in [0.4, 0.5) is 18.9 Å². The molecular weight excluding hydrogens is 345 g/mol. The van der Waals surface area contributed by atoms with E-state index in [-0.39, 0.29) is 24.4 Å². The molecule has 0 aliphatic rings. The highest BCUT2D eigenvalue weighted by Crippen LogP contribution is 2.34. The van der Waals surface area contributed by atoms with Gasteiger partial charge in [-0.25, -0.2) is 0 Å². The molecule has 1 heterocycles. The average Bonchev–Trinajstić information content (AvgIpc) is 3.03. The molecule has 2 aromatic carbocycles. The van der Waals surface area contributed by atoms with Crippen molar-refractivity contribution in [2.45, 2.75) is 19.0 Å². The van der Waals surface area contributed by atoms with E-state index in [1.807, 2.05) is 12.1 Å². The van der Waals surface area contributed by atoms with Gasteiger partial charge in [0.25, 0.3) is 0 Å². The van der Waals surface area contributed by atoms with E-state index in [9.17, 15) is 22.8 Å². The molecule has 0 saturated heterocycles. The summed E-state index contributed by atoms with van der Waals surface area (Å²) in [6.07, 6.45) is -3.27. The number of nitrogens with one attached hydrogen (secondary N) is 1. The number of halogens is 3. The highest BCUT2D eigenvalue weighted by atomic mass is 19.4. The van der Waals surface area contributed by atoms with Gasteiger partial charge in [-0.15, -0.1) is 0 Å². The molecule has 3 aromatic rings. The molecule has 0 spiro atoms. The summed E-state index contributed by atoms with van der Waals surface area (Å²) in [4.78, 5) is 24.3. The number of para-hydroxylation sites is 2. The van der Waals surface area contributed by atoms with Crippen molar-refractivity contribution in [3.05, 3.63) is 66.4 Å². The Bertz CT molecular complexity index is 961. The van der Waals surface area contributed by atoms with E-state index in [2.05, 4.69) is 5.32 Å².